The van der Waals surface area contributed by atoms with E-state index in [1.807, 2.05) is 37.5 Å². The highest BCUT2D eigenvalue weighted by Crippen LogP contribution is 2.30. The Kier molecular flexibility index (Phi) is 7.62. The number of imidazole rings is 1. The van der Waals surface area contributed by atoms with E-state index in [-0.39, 0.29) is 23.2 Å². The monoisotopic (exact) mass is 520 g/mol. The van der Waals surface area contributed by atoms with Crippen molar-refractivity contribution in [1.29, 1.82) is 0 Å². The van der Waals surface area contributed by atoms with Gasteiger partial charge in [-0.1, -0.05) is 13.0 Å². The van der Waals surface area contributed by atoms with Crippen molar-refractivity contribution in [3.8, 4) is 11.3 Å². The molecule has 0 spiro atoms. The minimum Gasteiger partial charge on any atom is -0.326 e. The molecular weight excluding hydrogens is 486 g/mol. The minimum absolute atomic E-state index is 0.00685. The van der Waals surface area contributed by atoms with E-state index >= 15 is 0 Å². The number of fused-ring (bicyclic) bond motifs is 1. The molecule has 5 rings (SSSR count). The third-order valence-corrected chi connectivity index (χ3v) is 7.15. The number of piperidine rings is 1. The zero-order chi connectivity index (χ0) is 26.8. The molecule has 1 saturated heterocycles. The number of hydrogen-bond donors (Lipinski definition) is 2. The summed E-state index contributed by atoms with van der Waals surface area (Å²) in [5.74, 6) is 0.257. The molecule has 200 valence electrons. The van der Waals surface area contributed by atoms with Gasteiger partial charge >= 0.3 is 0 Å². The first-order valence-corrected chi connectivity index (χ1v) is 13.2. The van der Waals surface area contributed by atoms with Gasteiger partial charge in [0.25, 0.3) is 0 Å². The molecule has 0 unspecified atom stereocenters. The Hall–Kier alpha value is -3.50. The molecule has 0 amide bonds. The van der Waals surface area contributed by atoms with Crippen LogP contribution in [0.2, 0.25) is 0 Å². The Morgan fingerprint density at radius 2 is 1.82 bits per heavy atom. The number of rotatable bonds is 8. The molecule has 3 aromatic heterocycles. The van der Waals surface area contributed by atoms with Gasteiger partial charge in [-0.15, -0.1) is 0 Å². The quantitative estimate of drug-likeness (QED) is 0.323. The van der Waals surface area contributed by atoms with E-state index in [2.05, 4.69) is 42.4 Å². The van der Waals surface area contributed by atoms with Crippen LogP contribution in [0.5, 0.6) is 0 Å². The SMILES string of the molecule is CCN1CCC(NCc2ccc(Nc3ncc(F)c(-c4cc(F)c5nc(C)n(C(C)C)c5c4)n3)nc2)CC1. The summed E-state index contributed by atoms with van der Waals surface area (Å²) in [4.78, 5) is 19.7. The molecule has 38 heavy (non-hydrogen) atoms. The molecule has 0 bridgehead atoms. The van der Waals surface area contributed by atoms with Crippen LogP contribution in [-0.2, 0) is 6.54 Å². The number of halogens is 2. The van der Waals surface area contributed by atoms with Crippen molar-refractivity contribution >= 4 is 22.8 Å². The van der Waals surface area contributed by atoms with E-state index in [1.54, 1.807) is 12.3 Å². The summed E-state index contributed by atoms with van der Waals surface area (Å²) in [7, 11) is 0. The molecule has 1 aliphatic rings. The Bertz CT molecular complexity index is 1410. The Morgan fingerprint density at radius 3 is 2.50 bits per heavy atom. The molecule has 1 fully saturated rings. The van der Waals surface area contributed by atoms with Crippen molar-refractivity contribution in [3.63, 3.8) is 0 Å². The van der Waals surface area contributed by atoms with Crippen LogP contribution >= 0.6 is 0 Å². The molecule has 1 aliphatic heterocycles. The first-order valence-electron chi connectivity index (χ1n) is 13.2. The first kappa shape index (κ1) is 26.1. The lowest BCUT2D eigenvalue weighted by Crippen LogP contribution is -2.42. The molecular formula is C28H34F2N8. The van der Waals surface area contributed by atoms with Gasteiger partial charge in [0, 0.05) is 30.4 Å². The molecule has 4 aromatic rings. The van der Waals surface area contributed by atoms with Gasteiger partial charge in [-0.25, -0.2) is 28.7 Å². The number of aryl methyl sites for hydroxylation is 1. The van der Waals surface area contributed by atoms with Gasteiger partial charge in [0.1, 0.15) is 22.9 Å². The molecule has 1 aromatic carbocycles. The number of benzene rings is 1. The number of likely N-dealkylation sites (tertiary alicyclic amines) is 1. The number of aromatic nitrogens is 5. The van der Waals surface area contributed by atoms with Crippen molar-refractivity contribution in [2.75, 3.05) is 25.0 Å². The third-order valence-electron chi connectivity index (χ3n) is 7.15. The molecule has 4 heterocycles. The topological polar surface area (TPSA) is 83.8 Å². The van der Waals surface area contributed by atoms with Crippen LogP contribution in [-0.4, -0.2) is 55.1 Å². The maximum absolute atomic E-state index is 14.9. The van der Waals surface area contributed by atoms with Gasteiger partial charge in [0.15, 0.2) is 11.6 Å². The zero-order valence-corrected chi connectivity index (χ0v) is 22.3. The van der Waals surface area contributed by atoms with E-state index in [0.29, 0.717) is 28.8 Å². The number of pyridine rings is 1. The largest absolute Gasteiger partial charge is 0.326 e. The summed E-state index contributed by atoms with van der Waals surface area (Å²) >= 11 is 0. The second kappa shape index (κ2) is 11.1. The highest BCUT2D eigenvalue weighted by molar-refractivity contribution is 5.83. The summed E-state index contributed by atoms with van der Waals surface area (Å²) in [6, 6.07) is 7.42. The molecule has 10 heteroatoms. The lowest BCUT2D eigenvalue weighted by Gasteiger charge is -2.31. The van der Waals surface area contributed by atoms with Gasteiger partial charge in [-0.05, 0) is 77.0 Å². The van der Waals surface area contributed by atoms with E-state index < -0.39 is 11.6 Å². The third kappa shape index (κ3) is 5.51. The van der Waals surface area contributed by atoms with Gasteiger partial charge in [-0.2, -0.15) is 0 Å². The Balaban J connectivity index is 1.30. The van der Waals surface area contributed by atoms with Crippen LogP contribution in [0, 0.1) is 18.6 Å². The van der Waals surface area contributed by atoms with Gasteiger partial charge in [0.05, 0.1) is 11.7 Å². The average Bonchev–Trinajstić information content (AvgIpc) is 3.26. The lowest BCUT2D eigenvalue weighted by atomic mass is 10.0. The van der Waals surface area contributed by atoms with Crippen LogP contribution in [0.1, 0.15) is 51.0 Å². The summed E-state index contributed by atoms with van der Waals surface area (Å²) in [5.41, 5.74) is 2.26. The summed E-state index contributed by atoms with van der Waals surface area (Å²) in [6.07, 6.45) is 5.20. The Labute approximate surface area is 221 Å². The van der Waals surface area contributed by atoms with Crippen LogP contribution in [0.25, 0.3) is 22.3 Å². The first-order chi connectivity index (χ1) is 18.3. The number of hydrogen-bond acceptors (Lipinski definition) is 7. The predicted octanol–water partition coefficient (Wildman–Crippen LogP) is 5.37. The maximum Gasteiger partial charge on any atom is 0.229 e. The molecule has 0 atom stereocenters. The molecule has 0 saturated carbocycles. The van der Waals surface area contributed by atoms with E-state index in [4.69, 9.17) is 0 Å². The normalized spacial score (nSPS) is 15.0. The van der Waals surface area contributed by atoms with Crippen molar-refractivity contribution in [1.82, 2.24) is 34.7 Å². The Morgan fingerprint density at radius 1 is 1.03 bits per heavy atom. The van der Waals surface area contributed by atoms with Crippen molar-refractivity contribution in [3.05, 3.63) is 59.7 Å². The smallest absolute Gasteiger partial charge is 0.229 e. The number of anilines is 2. The van der Waals surface area contributed by atoms with Gasteiger partial charge in [0.2, 0.25) is 5.95 Å². The van der Waals surface area contributed by atoms with Crippen LogP contribution in [0.4, 0.5) is 20.5 Å². The molecule has 0 aliphatic carbocycles. The lowest BCUT2D eigenvalue weighted by molar-refractivity contribution is 0.206. The number of nitrogens with one attached hydrogen (secondary N) is 2. The minimum atomic E-state index is -0.638. The van der Waals surface area contributed by atoms with Crippen LogP contribution in [0.3, 0.4) is 0 Å². The summed E-state index contributed by atoms with van der Waals surface area (Å²) < 4.78 is 31.7. The van der Waals surface area contributed by atoms with Crippen molar-refractivity contribution in [2.45, 2.75) is 59.2 Å². The molecule has 8 nitrogen and oxygen atoms in total. The second-order valence-corrected chi connectivity index (χ2v) is 10.1. The van der Waals surface area contributed by atoms with Gasteiger partial charge in [-0.3, -0.25) is 0 Å². The standard InChI is InChI=1S/C28H34F2N8/c1-5-37-10-8-21(9-11-37)31-14-19-6-7-25(32-15-19)35-28-33-16-23(30)26(36-28)20-12-22(29)27-24(13-20)38(17(2)3)18(4)34-27/h6-7,12-13,15-17,21,31H,5,8-11,14H2,1-4H3,(H,32,33,35,36). The van der Waals surface area contributed by atoms with Crippen molar-refractivity contribution in [2.24, 2.45) is 0 Å². The highest BCUT2D eigenvalue weighted by atomic mass is 19.1. The molecule has 0 radical (unpaired) electrons. The second-order valence-electron chi connectivity index (χ2n) is 10.1. The van der Waals surface area contributed by atoms with Crippen molar-refractivity contribution < 1.29 is 8.78 Å². The average molecular weight is 521 g/mol. The predicted molar refractivity (Wildman–Crippen MR) is 145 cm³/mol. The fraction of sp³-hybridized carbons (Fsp3) is 0.429. The maximum atomic E-state index is 14.9. The van der Waals surface area contributed by atoms with E-state index in [0.717, 1.165) is 50.8 Å². The van der Waals surface area contributed by atoms with E-state index in [1.165, 1.54) is 6.07 Å². The fourth-order valence-electron chi connectivity index (χ4n) is 5.12. The summed E-state index contributed by atoms with van der Waals surface area (Å²) in [5, 5.41) is 6.66. The van der Waals surface area contributed by atoms with Crippen LogP contribution < -0.4 is 10.6 Å². The molecule has 2 N–H and O–H groups in total. The van der Waals surface area contributed by atoms with Gasteiger partial charge < -0.3 is 20.1 Å². The van der Waals surface area contributed by atoms with E-state index in [9.17, 15) is 8.78 Å². The number of nitrogens with zero attached hydrogens (tertiary/aromatic N) is 6. The summed E-state index contributed by atoms with van der Waals surface area (Å²) in [6.45, 7) is 12.2. The van der Waals surface area contributed by atoms with Crippen LogP contribution in [0.15, 0.2) is 36.7 Å². The highest BCUT2D eigenvalue weighted by Gasteiger charge is 2.19. The fourth-order valence-corrected chi connectivity index (χ4v) is 5.12. The zero-order valence-electron chi connectivity index (χ0n) is 22.3.